The van der Waals surface area contributed by atoms with Crippen molar-refractivity contribution >= 4 is 22.8 Å². The van der Waals surface area contributed by atoms with Crippen LogP contribution in [-0.2, 0) is 0 Å². The number of aryl methyl sites for hydroxylation is 2. The molecule has 24 heavy (non-hydrogen) atoms. The normalized spacial score (nSPS) is 11.1. The largest absolute Gasteiger partial charge is 0.436 e. The Morgan fingerprint density at radius 2 is 1.54 bits per heavy atom. The van der Waals surface area contributed by atoms with Crippen LogP contribution in [0.15, 0.2) is 59.1 Å². The third-order valence-electron chi connectivity index (χ3n) is 4.21. The summed E-state index contributed by atoms with van der Waals surface area (Å²) in [5.74, 6) is 0.783. The van der Waals surface area contributed by atoms with Gasteiger partial charge in [0.05, 0.1) is 6.20 Å². The molecule has 2 heterocycles. The molecule has 3 nitrogen and oxygen atoms in total. The third kappa shape index (κ3) is 2.38. The summed E-state index contributed by atoms with van der Waals surface area (Å²) in [5, 5.41) is 0.329. The molecule has 118 valence electrons. The van der Waals surface area contributed by atoms with Crippen LogP contribution in [0.4, 0.5) is 0 Å². The summed E-state index contributed by atoms with van der Waals surface area (Å²) in [6.07, 6.45) is 1.55. The minimum absolute atomic E-state index is 0.329. The molecule has 2 aromatic carbocycles. The van der Waals surface area contributed by atoms with Gasteiger partial charge in [-0.2, -0.15) is 4.98 Å². The van der Waals surface area contributed by atoms with Gasteiger partial charge in [-0.15, -0.1) is 0 Å². The van der Waals surface area contributed by atoms with Gasteiger partial charge in [0, 0.05) is 11.1 Å². The van der Waals surface area contributed by atoms with E-state index in [0.717, 1.165) is 28.0 Å². The monoisotopic (exact) mass is 334 g/mol. The lowest BCUT2D eigenvalue weighted by atomic mass is 9.94. The maximum absolute atomic E-state index is 6.01. The average Bonchev–Trinajstić information content (AvgIpc) is 2.91. The molecule has 0 saturated heterocycles. The summed E-state index contributed by atoms with van der Waals surface area (Å²) in [5.41, 5.74) is 6.74. The maximum Gasteiger partial charge on any atom is 0.247 e. The van der Waals surface area contributed by atoms with E-state index >= 15 is 0 Å². The van der Waals surface area contributed by atoms with E-state index in [2.05, 4.69) is 41.2 Å². The van der Waals surface area contributed by atoms with Crippen molar-refractivity contribution < 1.29 is 4.42 Å². The van der Waals surface area contributed by atoms with E-state index in [-0.39, 0.29) is 0 Å². The minimum atomic E-state index is 0.329. The van der Waals surface area contributed by atoms with Crippen molar-refractivity contribution in [1.82, 2.24) is 9.97 Å². The molecule has 0 amide bonds. The lowest BCUT2D eigenvalue weighted by molar-refractivity contribution is 0.616. The second kappa shape index (κ2) is 5.77. The predicted molar refractivity (Wildman–Crippen MR) is 97.2 cm³/mol. The van der Waals surface area contributed by atoms with Gasteiger partial charge in [-0.25, -0.2) is 4.98 Å². The van der Waals surface area contributed by atoms with E-state index in [9.17, 15) is 0 Å². The molecular weight excluding hydrogens is 320 g/mol. The molecule has 0 aliphatic heterocycles. The number of nitrogens with zero attached hydrogens (tertiary/aromatic N) is 2. The lowest BCUT2D eigenvalue weighted by Crippen LogP contribution is -1.88. The molecule has 0 N–H and O–H groups in total. The molecule has 0 unspecified atom stereocenters. The van der Waals surface area contributed by atoms with Crippen LogP contribution >= 0.6 is 11.6 Å². The van der Waals surface area contributed by atoms with Crippen molar-refractivity contribution in [3.05, 3.63) is 71.0 Å². The Morgan fingerprint density at radius 1 is 0.875 bits per heavy atom. The number of benzene rings is 2. The van der Waals surface area contributed by atoms with Gasteiger partial charge >= 0.3 is 0 Å². The predicted octanol–water partition coefficient (Wildman–Crippen LogP) is 5.83. The van der Waals surface area contributed by atoms with Gasteiger partial charge in [-0.1, -0.05) is 60.1 Å². The summed E-state index contributed by atoms with van der Waals surface area (Å²) < 4.78 is 6.01. The highest BCUT2D eigenvalue weighted by atomic mass is 35.5. The summed E-state index contributed by atoms with van der Waals surface area (Å²) in [7, 11) is 0. The van der Waals surface area contributed by atoms with E-state index in [1.807, 2.05) is 31.2 Å². The maximum atomic E-state index is 6.01. The van der Waals surface area contributed by atoms with Gasteiger partial charge in [0.1, 0.15) is 11.3 Å². The Bertz CT molecular complexity index is 1050. The Labute approximate surface area is 144 Å². The molecule has 0 bridgehead atoms. The SMILES string of the molecule is Cc1ccccc1-c1ccccc1-c1oc2nc(Cl)cnc2c1C. The summed E-state index contributed by atoms with van der Waals surface area (Å²) in [4.78, 5) is 8.60. The zero-order valence-electron chi connectivity index (χ0n) is 13.4. The van der Waals surface area contributed by atoms with Gasteiger partial charge in [-0.3, -0.25) is 0 Å². The molecule has 4 aromatic rings. The first-order chi connectivity index (χ1) is 11.6. The van der Waals surface area contributed by atoms with Crippen molar-refractivity contribution in [2.45, 2.75) is 13.8 Å². The number of halogens is 1. The van der Waals surface area contributed by atoms with Crippen molar-refractivity contribution in [3.8, 4) is 22.5 Å². The van der Waals surface area contributed by atoms with Crippen LogP contribution in [-0.4, -0.2) is 9.97 Å². The second-order valence-electron chi connectivity index (χ2n) is 5.76. The van der Waals surface area contributed by atoms with Gasteiger partial charge in [-0.05, 0) is 30.5 Å². The van der Waals surface area contributed by atoms with Crippen LogP contribution in [0.5, 0.6) is 0 Å². The highest BCUT2D eigenvalue weighted by molar-refractivity contribution is 6.29. The number of fused-ring (bicyclic) bond motifs is 1. The number of rotatable bonds is 2. The standard InChI is InChI=1S/C20H15ClN2O/c1-12-7-3-4-8-14(12)15-9-5-6-10-16(15)19-13(2)18-20(24-19)23-17(21)11-22-18/h3-11H,1-2H3. The van der Waals surface area contributed by atoms with E-state index in [0.29, 0.717) is 10.9 Å². The van der Waals surface area contributed by atoms with E-state index < -0.39 is 0 Å². The van der Waals surface area contributed by atoms with E-state index in [1.54, 1.807) is 6.20 Å². The minimum Gasteiger partial charge on any atom is -0.436 e. The van der Waals surface area contributed by atoms with Gasteiger partial charge in [0.15, 0.2) is 5.15 Å². The third-order valence-corrected chi connectivity index (χ3v) is 4.39. The second-order valence-corrected chi connectivity index (χ2v) is 6.15. The number of furan rings is 1. The highest BCUT2D eigenvalue weighted by Crippen LogP contribution is 2.38. The first kappa shape index (κ1) is 14.9. The fourth-order valence-corrected chi connectivity index (χ4v) is 3.13. The van der Waals surface area contributed by atoms with Crippen molar-refractivity contribution in [1.29, 1.82) is 0 Å². The molecule has 0 aliphatic rings. The Balaban J connectivity index is 1.99. The topological polar surface area (TPSA) is 38.9 Å². The lowest BCUT2D eigenvalue weighted by Gasteiger charge is -2.11. The number of aromatic nitrogens is 2. The summed E-state index contributed by atoms with van der Waals surface area (Å²) in [6, 6.07) is 16.6. The van der Waals surface area contributed by atoms with Crippen molar-refractivity contribution in [2.75, 3.05) is 0 Å². The molecular formula is C20H15ClN2O. The molecule has 0 spiro atoms. The Hall–Kier alpha value is -2.65. The van der Waals surface area contributed by atoms with Gasteiger partial charge in [0.25, 0.3) is 0 Å². The molecule has 0 atom stereocenters. The fraction of sp³-hybridized carbons (Fsp3) is 0.100. The zero-order valence-corrected chi connectivity index (χ0v) is 14.1. The summed E-state index contributed by atoms with van der Waals surface area (Å²) >= 11 is 5.94. The van der Waals surface area contributed by atoms with Crippen LogP contribution in [0.1, 0.15) is 11.1 Å². The van der Waals surface area contributed by atoms with Crippen molar-refractivity contribution in [2.24, 2.45) is 0 Å². The number of hydrogen-bond donors (Lipinski definition) is 0. The van der Waals surface area contributed by atoms with Gasteiger partial charge in [0.2, 0.25) is 5.71 Å². The quantitative estimate of drug-likeness (QED) is 0.463. The van der Waals surface area contributed by atoms with Crippen LogP contribution in [0.3, 0.4) is 0 Å². The first-order valence-corrected chi connectivity index (χ1v) is 8.10. The average molecular weight is 335 g/mol. The molecule has 2 aromatic heterocycles. The van der Waals surface area contributed by atoms with Crippen LogP contribution in [0.25, 0.3) is 33.7 Å². The Morgan fingerprint density at radius 3 is 2.29 bits per heavy atom. The number of hydrogen-bond acceptors (Lipinski definition) is 3. The molecule has 4 rings (SSSR count). The zero-order chi connectivity index (χ0) is 16.7. The highest BCUT2D eigenvalue weighted by Gasteiger charge is 2.18. The van der Waals surface area contributed by atoms with E-state index in [1.165, 1.54) is 11.1 Å². The fourth-order valence-electron chi connectivity index (χ4n) is 3.01. The molecule has 0 saturated carbocycles. The molecule has 0 fully saturated rings. The van der Waals surface area contributed by atoms with E-state index in [4.69, 9.17) is 16.0 Å². The molecule has 0 aliphatic carbocycles. The van der Waals surface area contributed by atoms with Crippen molar-refractivity contribution in [3.63, 3.8) is 0 Å². The molecule has 0 radical (unpaired) electrons. The first-order valence-electron chi connectivity index (χ1n) is 7.72. The summed E-state index contributed by atoms with van der Waals surface area (Å²) in [6.45, 7) is 4.11. The smallest absolute Gasteiger partial charge is 0.247 e. The Kier molecular flexibility index (Phi) is 3.58. The van der Waals surface area contributed by atoms with Crippen LogP contribution in [0, 0.1) is 13.8 Å². The van der Waals surface area contributed by atoms with Crippen LogP contribution < -0.4 is 0 Å². The van der Waals surface area contributed by atoms with Crippen LogP contribution in [0.2, 0.25) is 5.15 Å². The molecule has 4 heteroatoms. The van der Waals surface area contributed by atoms with Gasteiger partial charge < -0.3 is 4.42 Å².